The zero-order valence-corrected chi connectivity index (χ0v) is 19.4. The van der Waals surface area contributed by atoms with Gasteiger partial charge in [-0.1, -0.05) is 36.4 Å². The molecule has 1 N–H and O–H groups in total. The van der Waals surface area contributed by atoms with Crippen LogP contribution in [0.5, 0.6) is 5.75 Å². The molecule has 0 bridgehead atoms. The summed E-state index contributed by atoms with van der Waals surface area (Å²) in [4.78, 5) is 51.7. The lowest BCUT2D eigenvalue weighted by molar-refractivity contribution is -0.163. The Kier molecular flexibility index (Phi) is 6.78. The lowest BCUT2D eigenvalue weighted by atomic mass is 9.95. The summed E-state index contributed by atoms with van der Waals surface area (Å²) in [7, 11) is 1.24. The minimum Gasteiger partial charge on any atom is -0.484 e. The molecule has 9 nitrogen and oxygen atoms in total. The minimum atomic E-state index is -0.961. The SMILES string of the molecule is COC(=O)C1N2C(=O)C(NC(=O)COc3ccccc3)C2SC1(C)COC(=O)c1ccccc1. The summed E-state index contributed by atoms with van der Waals surface area (Å²) in [5, 5.41) is 2.18. The van der Waals surface area contributed by atoms with Crippen LogP contribution in [0.4, 0.5) is 0 Å². The molecule has 178 valence electrons. The molecule has 10 heteroatoms. The van der Waals surface area contributed by atoms with Crippen LogP contribution in [0.3, 0.4) is 0 Å². The number of hydrogen-bond acceptors (Lipinski definition) is 8. The fourth-order valence-corrected chi connectivity index (χ4v) is 5.66. The Bertz CT molecular complexity index is 1080. The molecule has 34 heavy (non-hydrogen) atoms. The van der Waals surface area contributed by atoms with Gasteiger partial charge in [-0.05, 0) is 31.2 Å². The Hall–Kier alpha value is -3.53. The second-order valence-corrected chi connectivity index (χ2v) is 9.73. The van der Waals surface area contributed by atoms with Gasteiger partial charge in [0.05, 0.1) is 17.4 Å². The largest absolute Gasteiger partial charge is 0.484 e. The second-order valence-electron chi connectivity index (χ2n) is 8.08. The zero-order valence-electron chi connectivity index (χ0n) is 18.6. The first-order valence-electron chi connectivity index (χ1n) is 10.6. The zero-order chi connectivity index (χ0) is 24.3. The molecule has 2 aliphatic rings. The van der Waals surface area contributed by atoms with E-state index in [1.54, 1.807) is 61.5 Å². The molecule has 2 amide bonds. The number of carbonyl (C=O) groups is 4. The summed E-state index contributed by atoms with van der Waals surface area (Å²) in [5.41, 5.74) is 0.381. The van der Waals surface area contributed by atoms with Gasteiger partial charge in [0.1, 0.15) is 29.8 Å². The number of rotatable bonds is 8. The lowest BCUT2D eigenvalue weighted by Gasteiger charge is -2.43. The van der Waals surface area contributed by atoms with Crippen molar-refractivity contribution in [3.05, 3.63) is 66.2 Å². The van der Waals surface area contributed by atoms with Crippen LogP contribution in [0.25, 0.3) is 0 Å². The number of benzene rings is 2. The van der Waals surface area contributed by atoms with Crippen molar-refractivity contribution in [2.45, 2.75) is 29.1 Å². The number of hydrogen-bond donors (Lipinski definition) is 1. The van der Waals surface area contributed by atoms with Crippen molar-refractivity contribution in [1.82, 2.24) is 10.2 Å². The van der Waals surface area contributed by atoms with Crippen LogP contribution in [0, 0.1) is 0 Å². The molecule has 4 atom stereocenters. The Morgan fingerprint density at radius 2 is 1.71 bits per heavy atom. The number of carbonyl (C=O) groups excluding carboxylic acids is 4. The van der Waals surface area contributed by atoms with Crippen LogP contribution >= 0.6 is 11.8 Å². The Balaban J connectivity index is 1.41. The third-order valence-electron chi connectivity index (χ3n) is 5.68. The summed E-state index contributed by atoms with van der Waals surface area (Å²) in [6, 6.07) is 15.5. The third-order valence-corrected chi connectivity index (χ3v) is 7.30. The number of ether oxygens (including phenoxy) is 3. The van der Waals surface area contributed by atoms with E-state index in [-0.39, 0.29) is 13.2 Å². The number of fused-ring (bicyclic) bond motifs is 1. The number of methoxy groups -OCH3 is 1. The molecule has 2 aliphatic heterocycles. The van der Waals surface area contributed by atoms with Gasteiger partial charge in [-0.2, -0.15) is 0 Å². The fourth-order valence-electron chi connectivity index (χ4n) is 3.99. The first-order chi connectivity index (χ1) is 16.3. The number of thioether (sulfide) groups is 1. The van der Waals surface area contributed by atoms with Crippen LogP contribution in [-0.4, -0.2) is 71.2 Å². The van der Waals surface area contributed by atoms with Crippen LogP contribution < -0.4 is 10.1 Å². The quantitative estimate of drug-likeness (QED) is 0.445. The third kappa shape index (κ3) is 4.58. The Labute approximate surface area is 200 Å². The van der Waals surface area contributed by atoms with Crippen molar-refractivity contribution < 1.29 is 33.4 Å². The van der Waals surface area contributed by atoms with Gasteiger partial charge >= 0.3 is 11.9 Å². The molecule has 0 saturated carbocycles. The van der Waals surface area contributed by atoms with E-state index in [0.29, 0.717) is 11.3 Å². The van der Waals surface area contributed by atoms with E-state index in [1.165, 1.54) is 23.8 Å². The van der Waals surface area contributed by atoms with Gasteiger partial charge in [0.2, 0.25) is 5.91 Å². The highest BCUT2D eigenvalue weighted by atomic mass is 32.2. The molecule has 4 unspecified atom stereocenters. The van der Waals surface area contributed by atoms with E-state index in [9.17, 15) is 19.2 Å². The summed E-state index contributed by atoms with van der Waals surface area (Å²) < 4.78 is 14.9. The summed E-state index contributed by atoms with van der Waals surface area (Å²) in [6.07, 6.45) is 0. The highest BCUT2D eigenvalue weighted by Gasteiger charge is 2.66. The molecule has 2 aromatic rings. The molecule has 0 aliphatic carbocycles. The van der Waals surface area contributed by atoms with Gasteiger partial charge in [-0.3, -0.25) is 9.59 Å². The number of amides is 2. The maximum atomic E-state index is 12.9. The molecule has 2 saturated heterocycles. The maximum absolute atomic E-state index is 12.9. The average molecular weight is 485 g/mol. The highest BCUT2D eigenvalue weighted by Crippen LogP contribution is 2.51. The molecule has 2 fully saturated rings. The maximum Gasteiger partial charge on any atom is 0.338 e. The van der Waals surface area contributed by atoms with E-state index in [0.717, 1.165) is 0 Å². The second kappa shape index (κ2) is 9.76. The smallest absolute Gasteiger partial charge is 0.338 e. The van der Waals surface area contributed by atoms with Crippen LogP contribution in [0.1, 0.15) is 17.3 Å². The Morgan fingerprint density at radius 1 is 1.06 bits per heavy atom. The van der Waals surface area contributed by atoms with Crippen molar-refractivity contribution in [2.24, 2.45) is 0 Å². The van der Waals surface area contributed by atoms with Crippen molar-refractivity contribution >= 4 is 35.5 Å². The van der Waals surface area contributed by atoms with Crippen molar-refractivity contribution in [3.8, 4) is 5.75 Å². The summed E-state index contributed by atoms with van der Waals surface area (Å²) in [5.74, 6) is -1.47. The van der Waals surface area contributed by atoms with Gasteiger partial charge in [0.25, 0.3) is 5.91 Å². The van der Waals surface area contributed by atoms with Crippen molar-refractivity contribution in [3.63, 3.8) is 0 Å². The predicted molar refractivity (Wildman–Crippen MR) is 123 cm³/mol. The van der Waals surface area contributed by atoms with Crippen LogP contribution in [0.2, 0.25) is 0 Å². The summed E-state index contributed by atoms with van der Waals surface area (Å²) in [6.45, 7) is 1.36. The van der Waals surface area contributed by atoms with E-state index < -0.39 is 46.0 Å². The van der Waals surface area contributed by atoms with E-state index >= 15 is 0 Å². The molecule has 2 heterocycles. The molecular formula is C24H24N2O7S. The number of para-hydroxylation sites is 1. The van der Waals surface area contributed by atoms with Gasteiger partial charge in [0.15, 0.2) is 6.61 Å². The van der Waals surface area contributed by atoms with Gasteiger partial charge in [-0.15, -0.1) is 11.8 Å². The summed E-state index contributed by atoms with van der Waals surface area (Å²) >= 11 is 1.29. The van der Waals surface area contributed by atoms with Gasteiger partial charge in [0, 0.05) is 0 Å². The number of esters is 2. The number of β-lactam (4-membered cyclic amide) rings is 1. The predicted octanol–water partition coefficient (Wildman–Crippen LogP) is 1.62. The highest BCUT2D eigenvalue weighted by molar-refractivity contribution is 8.01. The first kappa shape index (κ1) is 23.6. The van der Waals surface area contributed by atoms with Crippen LogP contribution in [-0.2, 0) is 23.9 Å². The molecule has 0 aromatic heterocycles. The lowest BCUT2D eigenvalue weighted by Crippen LogP contribution is -2.71. The van der Waals surface area contributed by atoms with E-state index in [2.05, 4.69) is 5.32 Å². The van der Waals surface area contributed by atoms with Crippen molar-refractivity contribution in [1.29, 1.82) is 0 Å². The van der Waals surface area contributed by atoms with E-state index in [4.69, 9.17) is 14.2 Å². The molecule has 2 aromatic carbocycles. The standard InChI is InChI=1S/C24H24N2O7S/c1-24(14-33-22(29)15-9-5-3-6-10-15)19(23(30)31-2)26-20(28)18(21(26)34-24)25-17(27)13-32-16-11-7-4-8-12-16/h3-12,18-19,21H,13-14H2,1-2H3,(H,25,27). The van der Waals surface area contributed by atoms with Crippen molar-refractivity contribution in [2.75, 3.05) is 20.3 Å². The van der Waals surface area contributed by atoms with Gasteiger partial charge in [-0.25, -0.2) is 9.59 Å². The molecule has 4 rings (SSSR count). The van der Waals surface area contributed by atoms with Gasteiger partial charge < -0.3 is 24.4 Å². The number of nitrogens with one attached hydrogen (secondary N) is 1. The molecule has 0 spiro atoms. The monoisotopic (exact) mass is 484 g/mol. The topological polar surface area (TPSA) is 111 Å². The van der Waals surface area contributed by atoms with Crippen LogP contribution in [0.15, 0.2) is 60.7 Å². The normalized spacial score (nSPS) is 25.1. The molecular weight excluding hydrogens is 460 g/mol. The average Bonchev–Trinajstić information content (AvgIpc) is 3.15. The number of nitrogens with zero attached hydrogens (tertiary/aromatic N) is 1. The first-order valence-corrected chi connectivity index (χ1v) is 11.5. The van der Waals surface area contributed by atoms with E-state index in [1.807, 2.05) is 6.07 Å². The minimum absolute atomic E-state index is 0.122. The molecule has 0 radical (unpaired) electrons. The Morgan fingerprint density at radius 3 is 2.35 bits per heavy atom. The fraction of sp³-hybridized carbons (Fsp3) is 0.333.